The van der Waals surface area contributed by atoms with Crippen LogP contribution in [-0.2, 0) is 9.53 Å². The van der Waals surface area contributed by atoms with Crippen molar-refractivity contribution in [2.24, 2.45) is 0 Å². The average Bonchev–Trinajstić information content (AvgIpc) is 2.62. The SMILES string of the molecule is Cc1ccc(C(=O)N2CCN(CC(=O)N3CCOCC3)CC2)c(C)n1. The molecule has 0 aromatic carbocycles. The minimum Gasteiger partial charge on any atom is -0.378 e. The van der Waals surface area contributed by atoms with Gasteiger partial charge in [-0.15, -0.1) is 0 Å². The summed E-state index contributed by atoms with van der Waals surface area (Å²) in [6.07, 6.45) is 0. The third kappa shape index (κ3) is 4.35. The number of ether oxygens (including phenoxy) is 1. The zero-order valence-corrected chi connectivity index (χ0v) is 15.0. The fourth-order valence-corrected chi connectivity index (χ4v) is 3.30. The van der Waals surface area contributed by atoms with Gasteiger partial charge in [-0.1, -0.05) is 0 Å². The number of piperazine rings is 1. The van der Waals surface area contributed by atoms with E-state index in [-0.39, 0.29) is 11.8 Å². The number of carbonyl (C=O) groups excluding carboxylic acids is 2. The van der Waals surface area contributed by atoms with E-state index in [4.69, 9.17) is 4.74 Å². The van der Waals surface area contributed by atoms with Crippen LogP contribution in [0.15, 0.2) is 12.1 Å². The van der Waals surface area contributed by atoms with Crippen LogP contribution in [0.25, 0.3) is 0 Å². The number of amides is 2. The van der Waals surface area contributed by atoms with Gasteiger partial charge in [0.2, 0.25) is 5.91 Å². The summed E-state index contributed by atoms with van der Waals surface area (Å²) in [6, 6.07) is 3.73. The normalized spacial score (nSPS) is 19.1. The van der Waals surface area contributed by atoms with Gasteiger partial charge >= 0.3 is 0 Å². The number of rotatable bonds is 3. The predicted molar refractivity (Wildman–Crippen MR) is 93.5 cm³/mol. The molecular formula is C18H26N4O3. The molecule has 3 rings (SSSR count). The van der Waals surface area contributed by atoms with Crippen LogP contribution >= 0.6 is 0 Å². The molecule has 0 atom stereocenters. The number of hydrogen-bond donors (Lipinski definition) is 0. The molecule has 2 amide bonds. The Balaban J connectivity index is 1.51. The first-order chi connectivity index (χ1) is 12.0. The third-order valence-electron chi connectivity index (χ3n) is 4.84. The van der Waals surface area contributed by atoms with Crippen LogP contribution in [0.3, 0.4) is 0 Å². The first kappa shape index (κ1) is 17.8. The molecule has 0 N–H and O–H groups in total. The van der Waals surface area contributed by atoms with Crippen molar-refractivity contribution in [1.82, 2.24) is 19.7 Å². The van der Waals surface area contributed by atoms with Crippen molar-refractivity contribution < 1.29 is 14.3 Å². The van der Waals surface area contributed by atoms with Gasteiger partial charge in [0.1, 0.15) is 0 Å². The lowest BCUT2D eigenvalue weighted by Crippen LogP contribution is -2.52. The van der Waals surface area contributed by atoms with E-state index < -0.39 is 0 Å². The molecule has 25 heavy (non-hydrogen) atoms. The standard InChI is InChI=1S/C18H26N4O3/c1-14-3-4-16(15(2)19-14)18(24)22-7-5-20(6-8-22)13-17(23)21-9-11-25-12-10-21/h3-4H,5-13H2,1-2H3. The summed E-state index contributed by atoms with van der Waals surface area (Å²) in [5, 5.41) is 0. The molecule has 0 aliphatic carbocycles. The van der Waals surface area contributed by atoms with Crippen LogP contribution in [-0.4, -0.2) is 90.5 Å². The quantitative estimate of drug-likeness (QED) is 0.788. The van der Waals surface area contributed by atoms with Crippen LogP contribution in [0.4, 0.5) is 0 Å². The smallest absolute Gasteiger partial charge is 0.255 e. The summed E-state index contributed by atoms with van der Waals surface area (Å²) in [7, 11) is 0. The van der Waals surface area contributed by atoms with Crippen LogP contribution < -0.4 is 0 Å². The number of carbonyl (C=O) groups is 2. The van der Waals surface area contributed by atoms with Gasteiger partial charge in [-0.05, 0) is 26.0 Å². The number of hydrogen-bond acceptors (Lipinski definition) is 5. The molecule has 136 valence electrons. The van der Waals surface area contributed by atoms with Crippen LogP contribution in [0, 0.1) is 13.8 Å². The second-order valence-electron chi connectivity index (χ2n) is 6.65. The highest BCUT2D eigenvalue weighted by atomic mass is 16.5. The summed E-state index contributed by atoms with van der Waals surface area (Å²) in [6.45, 7) is 9.55. The minimum atomic E-state index is 0.0316. The van der Waals surface area contributed by atoms with E-state index in [0.29, 0.717) is 51.5 Å². The van der Waals surface area contributed by atoms with Gasteiger partial charge in [0.25, 0.3) is 5.91 Å². The van der Waals surface area contributed by atoms with E-state index in [2.05, 4.69) is 9.88 Å². The monoisotopic (exact) mass is 346 g/mol. The molecule has 1 aromatic heterocycles. The average molecular weight is 346 g/mol. The second kappa shape index (κ2) is 7.93. The topological polar surface area (TPSA) is 66.0 Å². The summed E-state index contributed by atoms with van der Waals surface area (Å²) in [5.41, 5.74) is 2.36. The number of aromatic nitrogens is 1. The summed E-state index contributed by atoms with van der Waals surface area (Å²) in [5.74, 6) is 0.186. The fraction of sp³-hybridized carbons (Fsp3) is 0.611. The van der Waals surface area contributed by atoms with E-state index in [9.17, 15) is 9.59 Å². The van der Waals surface area contributed by atoms with Gasteiger partial charge in [-0.25, -0.2) is 0 Å². The Morgan fingerprint density at radius 1 is 1.00 bits per heavy atom. The lowest BCUT2D eigenvalue weighted by molar-refractivity contribution is -0.136. The lowest BCUT2D eigenvalue weighted by Gasteiger charge is -2.36. The zero-order valence-electron chi connectivity index (χ0n) is 15.0. The van der Waals surface area contributed by atoms with Crippen LogP contribution in [0.1, 0.15) is 21.7 Å². The first-order valence-electron chi connectivity index (χ1n) is 8.86. The molecule has 2 aliphatic heterocycles. The highest BCUT2D eigenvalue weighted by Gasteiger charge is 2.26. The van der Waals surface area contributed by atoms with Crippen molar-refractivity contribution >= 4 is 11.8 Å². The molecule has 2 aliphatic rings. The van der Waals surface area contributed by atoms with Crippen LogP contribution in [0.5, 0.6) is 0 Å². The minimum absolute atomic E-state index is 0.0316. The molecule has 0 unspecified atom stereocenters. The maximum Gasteiger partial charge on any atom is 0.255 e. The molecule has 1 aromatic rings. The third-order valence-corrected chi connectivity index (χ3v) is 4.84. The maximum atomic E-state index is 12.7. The molecule has 0 bridgehead atoms. The molecule has 2 fully saturated rings. The second-order valence-corrected chi connectivity index (χ2v) is 6.65. The van der Waals surface area contributed by atoms with Crippen molar-refractivity contribution in [3.63, 3.8) is 0 Å². The van der Waals surface area contributed by atoms with Gasteiger partial charge in [0, 0.05) is 45.0 Å². The summed E-state index contributed by atoms with van der Waals surface area (Å²) >= 11 is 0. The van der Waals surface area contributed by atoms with Crippen molar-refractivity contribution in [2.45, 2.75) is 13.8 Å². The zero-order chi connectivity index (χ0) is 17.8. The molecule has 0 saturated carbocycles. The van der Waals surface area contributed by atoms with Gasteiger partial charge in [0.05, 0.1) is 31.0 Å². The molecule has 7 heteroatoms. The Labute approximate surface area is 148 Å². The van der Waals surface area contributed by atoms with E-state index in [1.54, 1.807) is 0 Å². The van der Waals surface area contributed by atoms with Crippen molar-refractivity contribution in [3.05, 3.63) is 29.1 Å². The number of morpholine rings is 1. The first-order valence-corrected chi connectivity index (χ1v) is 8.86. The Kier molecular flexibility index (Phi) is 5.65. The Bertz CT molecular complexity index is 635. The molecule has 0 spiro atoms. The Morgan fingerprint density at radius 3 is 2.32 bits per heavy atom. The van der Waals surface area contributed by atoms with Gasteiger partial charge in [-0.2, -0.15) is 0 Å². The number of pyridine rings is 1. The molecule has 3 heterocycles. The van der Waals surface area contributed by atoms with Gasteiger partial charge in [0.15, 0.2) is 0 Å². The number of aryl methyl sites for hydroxylation is 2. The van der Waals surface area contributed by atoms with Crippen molar-refractivity contribution in [1.29, 1.82) is 0 Å². The Morgan fingerprint density at radius 2 is 1.68 bits per heavy atom. The maximum absolute atomic E-state index is 12.7. The molecule has 7 nitrogen and oxygen atoms in total. The Hall–Kier alpha value is -1.99. The summed E-state index contributed by atoms with van der Waals surface area (Å²) < 4.78 is 5.28. The highest BCUT2D eigenvalue weighted by molar-refractivity contribution is 5.95. The van der Waals surface area contributed by atoms with Crippen molar-refractivity contribution in [3.8, 4) is 0 Å². The molecule has 2 saturated heterocycles. The van der Waals surface area contributed by atoms with Crippen molar-refractivity contribution in [2.75, 3.05) is 59.0 Å². The van der Waals surface area contributed by atoms with E-state index >= 15 is 0 Å². The molecular weight excluding hydrogens is 320 g/mol. The van der Waals surface area contributed by atoms with Gasteiger partial charge in [-0.3, -0.25) is 19.5 Å². The lowest BCUT2D eigenvalue weighted by atomic mass is 10.1. The van der Waals surface area contributed by atoms with E-state index in [1.165, 1.54) is 0 Å². The van der Waals surface area contributed by atoms with E-state index in [0.717, 1.165) is 24.5 Å². The van der Waals surface area contributed by atoms with E-state index in [1.807, 2.05) is 35.8 Å². The largest absolute Gasteiger partial charge is 0.378 e. The van der Waals surface area contributed by atoms with Crippen LogP contribution in [0.2, 0.25) is 0 Å². The number of nitrogens with zero attached hydrogens (tertiary/aromatic N) is 4. The fourth-order valence-electron chi connectivity index (χ4n) is 3.30. The summed E-state index contributed by atoms with van der Waals surface area (Å²) in [4.78, 5) is 35.2. The molecule has 0 radical (unpaired) electrons. The van der Waals surface area contributed by atoms with Gasteiger partial charge < -0.3 is 14.5 Å². The predicted octanol–water partition coefficient (Wildman–Crippen LogP) is 0.315. The highest BCUT2D eigenvalue weighted by Crippen LogP contribution is 2.12.